The van der Waals surface area contributed by atoms with Crippen LogP contribution in [0.25, 0.3) is 0 Å². The van der Waals surface area contributed by atoms with Crippen LogP contribution in [0, 0.1) is 5.92 Å². The van der Waals surface area contributed by atoms with Crippen molar-refractivity contribution in [2.45, 2.75) is 45.4 Å². The Labute approximate surface area is 143 Å². The van der Waals surface area contributed by atoms with Crippen molar-refractivity contribution in [1.82, 2.24) is 4.90 Å². The summed E-state index contributed by atoms with van der Waals surface area (Å²) in [5, 5.41) is 8.98. The summed E-state index contributed by atoms with van der Waals surface area (Å²) in [6.45, 7) is 7.54. The van der Waals surface area contributed by atoms with Crippen LogP contribution in [0.2, 0.25) is 0 Å². The highest BCUT2D eigenvalue weighted by Gasteiger charge is 2.27. The van der Waals surface area contributed by atoms with Gasteiger partial charge in [-0.15, -0.1) is 0 Å². The van der Waals surface area contributed by atoms with Gasteiger partial charge in [0.2, 0.25) is 0 Å². The Kier molecular flexibility index (Phi) is 5.86. The summed E-state index contributed by atoms with van der Waals surface area (Å²) in [5.74, 6) is -0.505. The molecule has 0 radical (unpaired) electrons. The fourth-order valence-electron chi connectivity index (χ4n) is 2.82. The van der Waals surface area contributed by atoms with Gasteiger partial charge in [-0.05, 0) is 42.4 Å². The van der Waals surface area contributed by atoms with Gasteiger partial charge in [-0.1, -0.05) is 32.9 Å². The molecule has 0 atom stereocenters. The zero-order valence-electron chi connectivity index (χ0n) is 14.7. The van der Waals surface area contributed by atoms with Gasteiger partial charge in [0.15, 0.2) is 6.61 Å². The first-order valence-corrected chi connectivity index (χ1v) is 8.57. The van der Waals surface area contributed by atoms with Crippen LogP contribution >= 0.6 is 0 Å². The van der Waals surface area contributed by atoms with Crippen molar-refractivity contribution >= 4 is 11.9 Å². The Morgan fingerprint density at radius 2 is 1.79 bits per heavy atom. The highest BCUT2D eigenvalue weighted by molar-refractivity contribution is 5.78. The van der Waals surface area contributed by atoms with E-state index in [9.17, 15) is 9.59 Å². The lowest BCUT2D eigenvalue weighted by Crippen LogP contribution is -2.42. The van der Waals surface area contributed by atoms with Crippen molar-refractivity contribution < 1.29 is 19.4 Å². The molecule has 0 aliphatic carbocycles. The number of amides is 1. The molecule has 1 saturated heterocycles. The van der Waals surface area contributed by atoms with Gasteiger partial charge < -0.3 is 14.7 Å². The fraction of sp³-hybridized carbons (Fsp3) is 0.579. The molecule has 0 spiro atoms. The summed E-state index contributed by atoms with van der Waals surface area (Å²) in [6.07, 6.45) is 2.09. The summed E-state index contributed by atoms with van der Waals surface area (Å²) >= 11 is 0. The molecule has 1 amide bonds. The molecule has 5 heteroatoms. The first-order valence-electron chi connectivity index (χ1n) is 8.57. The largest absolute Gasteiger partial charge is 0.484 e. The van der Waals surface area contributed by atoms with Gasteiger partial charge in [0.25, 0.3) is 5.91 Å². The third kappa shape index (κ3) is 4.49. The number of benzene rings is 1. The molecule has 1 N–H and O–H groups in total. The summed E-state index contributed by atoms with van der Waals surface area (Å²) in [4.78, 5) is 24.8. The van der Waals surface area contributed by atoms with Gasteiger partial charge in [-0.2, -0.15) is 0 Å². The van der Waals surface area contributed by atoms with Gasteiger partial charge in [0.05, 0.1) is 5.92 Å². The number of aliphatic carboxylic acids is 1. The molecule has 2 rings (SSSR count). The molecule has 24 heavy (non-hydrogen) atoms. The van der Waals surface area contributed by atoms with E-state index < -0.39 is 5.97 Å². The second kappa shape index (κ2) is 7.69. The number of hydrogen-bond donors (Lipinski definition) is 1. The minimum Gasteiger partial charge on any atom is -0.484 e. The molecule has 5 nitrogen and oxygen atoms in total. The lowest BCUT2D eigenvalue weighted by molar-refractivity contribution is -0.146. The third-order valence-electron chi connectivity index (χ3n) is 5.08. The predicted molar refractivity (Wildman–Crippen MR) is 92.2 cm³/mol. The van der Waals surface area contributed by atoms with Crippen LogP contribution in [0.3, 0.4) is 0 Å². The van der Waals surface area contributed by atoms with Crippen LogP contribution < -0.4 is 4.74 Å². The Hall–Kier alpha value is -2.04. The lowest BCUT2D eigenvalue weighted by Gasteiger charge is -2.30. The molecule has 0 saturated carbocycles. The Balaban J connectivity index is 1.83. The standard InChI is InChI=1S/C19H27NO4/c1-4-19(2,3)15-5-7-16(8-6-15)24-13-17(21)20-11-9-14(10-12-20)18(22)23/h5-8,14H,4,9-13H2,1-3H3,(H,22,23). The Bertz CT molecular complexity index is 572. The van der Waals surface area contributed by atoms with Crippen molar-refractivity contribution in [2.24, 2.45) is 5.92 Å². The highest BCUT2D eigenvalue weighted by Crippen LogP contribution is 2.28. The normalized spacial score (nSPS) is 16.0. The molecule has 1 aromatic rings. The molecule has 1 aliphatic rings. The highest BCUT2D eigenvalue weighted by atomic mass is 16.5. The van der Waals surface area contributed by atoms with Crippen molar-refractivity contribution in [1.29, 1.82) is 0 Å². The van der Waals surface area contributed by atoms with Crippen LogP contribution in [0.1, 0.15) is 45.6 Å². The van der Waals surface area contributed by atoms with Crippen LogP contribution in [0.4, 0.5) is 0 Å². The van der Waals surface area contributed by atoms with Crippen LogP contribution in [0.5, 0.6) is 5.75 Å². The van der Waals surface area contributed by atoms with Crippen molar-refractivity contribution in [3.8, 4) is 5.75 Å². The molecular weight excluding hydrogens is 306 g/mol. The number of nitrogens with zero attached hydrogens (tertiary/aromatic N) is 1. The molecule has 1 aromatic carbocycles. The Morgan fingerprint density at radius 3 is 2.29 bits per heavy atom. The van der Waals surface area contributed by atoms with E-state index in [4.69, 9.17) is 9.84 Å². The van der Waals surface area contributed by atoms with Gasteiger partial charge in [0.1, 0.15) is 5.75 Å². The maximum Gasteiger partial charge on any atom is 0.306 e. The van der Waals surface area contributed by atoms with Crippen molar-refractivity contribution in [3.63, 3.8) is 0 Å². The first-order chi connectivity index (χ1) is 11.3. The smallest absolute Gasteiger partial charge is 0.306 e. The SMILES string of the molecule is CCC(C)(C)c1ccc(OCC(=O)N2CCC(C(=O)O)CC2)cc1. The molecule has 1 heterocycles. The van der Waals surface area contributed by atoms with Crippen molar-refractivity contribution in [3.05, 3.63) is 29.8 Å². The third-order valence-corrected chi connectivity index (χ3v) is 5.08. The van der Waals surface area contributed by atoms with Gasteiger partial charge in [-0.25, -0.2) is 0 Å². The van der Waals surface area contributed by atoms with E-state index in [2.05, 4.69) is 20.8 Å². The summed E-state index contributed by atoms with van der Waals surface area (Å²) in [5.41, 5.74) is 1.38. The van der Waals surface area contributed by atoms with Crippen LogP contribution in [-0.4, -0.2) is 41.6 Å². The molecule has 0 bridgehead atoms. The zero-order chi connectivity index (χ0) is 17.7. The Morgan fingerprint density at radius 1 is 1.21 bits per heavy atom. The monoisotopic (exact) mass is 333 g/mol. The zero-order valence-corrected chi connectivity index (χ0v) is 14.7. The second-order valence-electron chi connectivity index (χ2n) is 7.04. The number of hydrogen-bond acceptors (Lipinski definition) is 3. The average Bonchev–Trinajstić information content (AvgIpc) is 2.60. The minimum absolute atomic E-state index is 0.00570. The predicted octanol–water partition coefficient (Wildman–Crippen LogP) is 3.08. The molecule has 132 valence electrons. The lowest BCUT2D eigenvalue weighted by atomic mass is 9.82. The summed E-state index contributed by atoms with van der Waals surface area (Å²) in [7, 11) is 0. The molecular formula is C19H27NO4. The second-order valence-corrected chi connectivity index (χ2v) is 7.04. The number of ether oxygens (including phenoxy) is 1. The van der Waals surface area contributed by atoms with E-state index in [0.717, 1.165) is 6.42 Å². The van der Waals surface area contributed by atoms with Crippen LogP contribution in [0.15, 0.2) is 24.3 Å². The first kappa shape index (κ1) is 18.3. The van der Waals surface area contributed by atoms with E-state index in [-0.39, 0.29) is 23.8 Å². The van der Waals surface area contributed by atoms with Gasteiger partial charge >= 0.3 is 5.97 Å². The van der Waals surface area contributed by atoms with Crippen LogP contribution in [-0.2, 0) is 15.0 Å². The van der Waals surface area contributed by atoms with Gasteiger partial charge in [0, 0.05) is 13.1 Å². The summed E-state index contributed by atoms with van der Waals surface area (Å²) < 4.78 is 5.59. The van der Waals surface area contributed by atoms with Gasteiger partial charge in [-0.3, -0.25) is 9.59 Å². The maximum absolute atomic E-state index is 12.2. The number of likely N-dealkylation sites (tertiary alicyclic amines) is 1. The molecule has 1 aliphatic heterocycles. The number of carbonyl (C=O) groups excluding carboxylic acids is 1. The number of carboxylic acids is 1. The van der Waals surface area contributed by atoms with Crippen molar-refractivity contribution in [2.75, 3.05) is 19.7 Å². The maximum atomic E-state index is 12.2. The van der Waals surface area contributed by atoms with E-state index in [1.54, 1.807) is 4.90 Å². The number of carbonyl (C=O) groups is 2. The fourth-order valence-corrected chi connectivity index (χ4v) is 2.82. The van der Waals surface area contributed by atoms with E-state index >= 15 is 0 Å². The minimum atomic E-state index is -0.770. The van der Waals surface area contributed by atoms with E-state index in [1.807, 2.05) is 24.3 Å². The van der Waals surface area contributed by atoms with E-state index in [0.29, 0.717) is 31.7 Å². The molecule has 0 aromatic heterocycles. The number of piperidine rings is 1. The topological polar surface area (TPSA) is 66.8 Å². The number of rotatable bonds is 6. The number of carboxylic acid groups (broad SMARTS) is 1. The average molecular weight is 333 g/mol. The summed E-state index contributed by atoms with van der Waals surface area (Å²) in [6, 6.07) is 7.89. The molecule has 1 fully saturated rings. The quantitative estimate of drug-likeness (QED) is 0.869. The van der Waals surface area contributed by atoms with E-state index in [1.165, 1.54) is 5.56 Å². The molecule has 0 unspecified atom stereocenters.